The molecule has 0 fully saturated rings. The number of carboxylic acid groups (broad SMARTS) is 1. The Hall–Kier alpha value is -1.55. The number of carbonyl (C=O) groups is 1. The molecular weight excluding hydrogens is 184 g/mol. The van der Waals surface area contributed by atoms with Crippen molar-refractivity contribution in [3.05, 3.63) is 29.8 Å². The van der Waals surface area contributed by atoms with E-state index in [-0.39, 0.29) is 6.61 Å². The summed E-state index contributed by atoms with van der Waals surface area (Å²) in [6, 6.07) is 6.63. The van der Waals surface area contributed by atoms with E-state index >= 15 is 0 Å². The summed E-state index contributed by atoms with van der Waals surface area (Å²) in [7, 11) is 0. The molecule has 76 valence electrons. The molecule has 0 aliphatic heterocycles. The van der Waals surface area contributed by atoms with E-state index in [2.05, 4.69) is 0 Å². The normalized spacial score (nSPS) is 12.1. The lowest BCUT2D eigenvalue weighted by molar-refractivity contribution is -0.144. The highest BCUT2D eigenvalue weighted by atomic mass is 16.5. The number of ether oxygens (including phenoxy) is 1. The Morgan fingerprint density at radius 2 is 2.00 bits per heavy atom. The molecule has 1 aromatic carbocycles. The molecule has 1 atom stereocenters. The maximum Gasteiger partial charge on any atom is 0.344 e. The molecular formula is C10H12O4. The zero-order valence-corrected chi connectivity index (χ0v) is 7.80. The van der Waals surface area contributed by atoms with E-state index in [0.29, 0.717) is 5.75 Å². The second-order valence-corrected chi connectivity index (χ2v) is 2.90. The molecule has 0 bridgehead atoms. The Labute approximate surface area is 81.8 Å². The molecule has 0 radical (unpaired) electrons. The van der Waals surface area contributed by atoms with Crippen molar-refractivity contribution in [3.8, 4) is 5.75 Å². The predicted octanol–water partition coefficient (Wildman–Crippen LogP) is 1.03. The van der Waals surface area contributed by atoms with Crippen LogP contribution in [-0.2, 0) is 11.4 Å². The van der Waals surface area contributed by atoms with E-state index in [9.17, 15) is 4.79 Å². The van der Waals surface area contributed by atoms with Crippen molar-refractivity contribution in [1.29, 1.82) is 0 Å². The first kappa shape index (κ1) is 10.5. The van der Waals surface area contributed by atoms with Gasteiger partial charge in [-0.3, -0.25) is 0 Å². The van der Waals surface area contributed by atoms with Crippen LogP contribution in [0.25, 0.3) is 0 Å². The second kappa shape index (κ2) is 4.62. The van der Waals surface area contributed by atoms with Gasteiger partial charge in [0.2, 0.25) is 0 Å². The van der Waals surface area contributed by atoms with Crippen molar-refractivity contribution >= 4 is 5.97 Å². The lowest BCUT2D eigenvalue weighted by Crippen LogP contribution is -2.22. The standard InChI is InChI=1S/C10H12O4/c1-7(10(12)13)14-9-4-2-8(6-11)3-5-9/h2-5,7,11H,6H2,1H3,(H,12,13)/t7-/m0/s1. The summed E-state index contributed by atoms with van der Waals surface area (Å²) in [5, 5.41) is 17.3. The molecule has 4 nitrogen and oxygen atoms in total. The summed E-state index contributed by atoms with van der Waals surface area (Å²) in [6.45, 7) is 1.43. The van der Waals surface area contributed by atoms with Crippen molar-refractivity contribution in [2.75, 3.05) is 0 Å². The van der Waals surface area contributed by atoms with E-state index in [1.165, 1.54) is 6.92 Å². The van der Waals surface area contributed by atoms with Crippen molar-refractivity contribution in [2.45, 2.75) is 19.6 Å². The van der Waals surface area contributed by atoms with Crippen LogP contribution in [0.2, 0.25) is 0 Å². The maximum atomic E-state index is 10.5. The first-order chi connectivity index (χ1) is 6.63. The molecule has 0 aromatic heterocycles. The summed E-state index contributed by atoms with van der Waals surface area (Å²) in [6.07, 6.45) is -0.866. The molecule has 1 rings (SSSR count). The van der Waals surface area contributed by atoms with Gasteiger partial charge in [-0.15, -0.1) is 0 Å². The molecule has 0 spiro atoms. The Morgan fingerprint density at radius 1 is 1.43 bits per heavy atom. The largest absolute Gasteiger partial charge is 0.479 e. The Balaban J connectivity index is 2.64. The fourth-order valence-electron chi connectivity index (χ4n) is 0.928. The van der Waals surface area contributed by atoms with Gasteiger partial charge in [0.15, 0.2) is 6.10 Å². The maximum absolute atomic E-state index is 10.5. The van der Waals surface area contributed by atoms with Gasteiger partial charge in [-0.2, -0.15) is 0 Å². The fourth-order valence-corrected chi connectivity index (χ4v) is 0.928. The van der Waals surface area contributed by atoms with Gasteiger partial charge in [0.1, 0.15) is 5.75 Å². The number of hydrogen-bond donors (Lipinski definition) is 2. The fraction of sp³-hybridized carbons (Fsp3) is 0.300. The number of aliphatic hydroxyl groups is 1. The van der Waals surface area contributed by atoms with Crippen LogP contribution in [-0.4, -0.2) is 22.3 Å². The summed E-state index contributed by atoms with van der Waals surface area (Å²) in [5.41, 5.74) is 0.764. The van der Waals surface area contributed by atoms with Crippen LogP contribution in [0.15, 0.2) is 24.3 Å². The van der Waals surface area contributed by atoms with Crippen molar-refractivity contribution in [1.82, 2.24) is 0 Å². The van der Waals surface area contributed by atoms with Crippen LogP contribution in [0.5, 0.6) is 5.75 Å². The van der Waals surface area contributed by atoms with Gasteiger partial charge in [-0.05, 0) is 24.6 Å². The zero-order chi connectivity index (χ0) is 10.6. The third-order valence-electron chi connectivity index (χ3n) is 1.77. The molecule has 0 unspecified atom stereocenters. The molecule has 1 aromatic rings. The number of hydrogen-bond acceptors (Lipinski definition) is 3. The molecule has 14 heavy (non-hydrogen) atoms. The van der Waals surface area contributed by atoms with Crippen LogP contribution in [0, 0.1) is 0 Å². The van der Waals surface area contributed by atoms with E-state index in [0.717, 1.165) is 5.56 Å². The third-order valence-corrected chi connectivity index (χ3v) is 1.77. The number of rotatable bonds is 4. The minimum absolute atomic E-state index is 0.0330. The van der Waals surface area contributed by atoms with Crippen molar-refractivity contribution in [3.63, 3.8) is 0 Å². The van der Waals surface area contributed by atoms with Crippen LogP contribution >= 0.6 is 0 Å². The van der Waals surface area contributed by atoms with Crippen LogP contribution in [0.4, 0.5) is 0 Å². The number of carboxylic acids is 1. The quantitative estimate of drug-likeness (QED) is 0.754. The third kappa shape index (κ3) is 2.74. The van der Waals surface area contributed by atoms with E-state index in [4.69, 9.17) is 14.9 Å². The topological polar surface area (TPSA) is 66.8 Å². The van der Waals surface area contributed by atoms with E-state index in [1.807, 2.05) is 0 Å². The van der Waals surface area contributed by atoms with Crippen molar-refractivity contribution < 1.29 is 19.7 Å². The highest BCUT2D eigenvalue weighted by molar-refractivity contribution is 5.72. The van der Waals surface area contributed by atoms with Gasteiger partial charge in [0, 0.05) is 0 Å². The first-order valence-electron chi connectivity index (χ1n) is 4.22. The molecule has 0 aliphatic rings. The Kier molecular flexibility index (Phi) is 3.48. The molecule has 0 amide bonds. The minimum atomic E-state index is -1.00. The smallest absolute Gasteiger partial charge is 0.344 e. The summed E-state index contributed by atoms with van der Waals surface area (Å²) in [4.78, 5) is 10.5. The number of aliphatic hydroxyl groups excluding tert-OH is 1. The van der Waals surface area contributed by atoms with Gasteiger partial charge >= 0.3 is 5.97 Å². The van der Waals surface area contributed by atoms with Crippen LogP contribution in [0.3, 0.4) is 0 Å². The molecule has 0 aliphatic carbocycles. The highest BCUT2D eigenvalue weighted by Crippen LogP contribution is 2.13. The molecule has 0 heterocycles. The van der Waals surface area contributed by atoms with E-state index in [1.54, 1.807) is 24.3 Å². The Bertz CT molecular complexity index is 304. The first-order valence-corrected chi connectivity index (χ1v) is 4.22. The minimum Gasteiger partial charge on any atom is -0.479 e. The molecule has 0 saturated carbocycles. The highest BCUT2D eigenvalue weighted by Gasteiger charge is 2.11. The van der Waals surface area contributed by atoms with Gasteiger partial charge in [-0.1, -0.05) is 12.1 Å². The van der Waals surface area contributed by atoms with Crippen LogP contribution < -0.4 is 4.74 Å². The summed E-state index contributed by atoms with van der Waals surface area (Å²) >= 11 is 0. The zero-order valence-electron chi connectivity index (χ0n) is 7.80. The van der Waals surface area contributed by atoms with Crippen LogP contribution in [0.1, 0.15) is 12.5 Å². The second-order valence-electron chi connectivity index (χ2n) is 2.90. The predicted molar refractivity (Wildman–Crippen MR) is 50.1 cm³/mol. The van der Waals surface area contributed by atoms with Gasteiger partial charge in [0.25, 0.3) is 0 Å². The SMILES string of the molecule is C[C@H](Oc1ccc(CO)cc1)C(=O)O. The molecule has 4 heteroatoms. The lowest BCUT2D eigenvalue weighted by Gasteiger charge is -2.10. The number of benzene rings is 1. The lowest BCUT2D eigenvalue weighted by atomic mass is 10.2. The summed E-state index contributed by atoms with van der Waals surface area (Å²) < 4.78 is 5.09. The molecule has 2 N–H and O–H groups in total. The van der Waals surface area contributed by atoms with Gasteiger partial charge < -0.3 is 14.9 Å². The summed E-state index contributed by atoms with van der Waals surface area (Å²) in [5.74, 6) is -0.520. The average molecular weight is 196 g/mol. The molecule has 0 saturated heterocycles. The Morgan fingerprint density at radius 3 is 2.43 bits per heavy atom. The van der Waals surface area contributed by atoms with E-state index < -0.39 is 12.1 Å². The van der Waals surface area contributed by atoms with Crippen molar-refractivity contribution in [2.24, 2.45) is 0 Å². The van der Waals surface area contributed by atoms with Gasteiger partial charge in [-0.25, -0.2) is 4.79 Å². The number of aliphatic carboxylic acids is 1. The monoisotopic (exact) mass is 196 g/mol. The average Bonchev–Trinajstić information content (AvgIpc) is 2.19. The van der Waals surface area contributed by atoms with Gasteiger partial charge in [0.05, 0.1) is 6.61 Å².